The Hall–Kier alpha value is -3.28. The second-order valence-corrected chi connectivity index (χ2v) is 8.97. The second kappa shape index (κ2) is 10.1. The zero-order valence-electron chi connectivity index (χ0n) is 19.8. The van der Waals surface area contributed by atoms with E-state index in [0.717, 1.165) is 36.7 Å². The maximum absolute atomic E-state index is 12.5. The van der Waals surface area contributed by atoms with Crippen molar-refractivity contribution >= 4 is 11.0 Å². The Balaban J connectivity index is 1.72. The van der Waals surface area contributed by atoms with Crippen LogP contribution in [0.25, 0.3) is 22.6 Å². The third-order valence-corrected chi connectivity index (χ3v) is 6.33. The lowest BCUT2D eigenvalue weighted by molar-refractivity contribution is 0.648. The Morgan fingerprint density at radius 2 is 1.70 bits per heavy atom. The van der Waals surface area contributed by atoms with Crippen molar-refractivity contribution in [3.63, 3.8) is 0 Å². The number of aryl methyl sites for hydroxylation is 5. The van der Waals surface area contributed by atoms with Crippen molar-refractivity contribution in [1.82, 2.24) is 19.5 Å². The molecule has 2 aromatic rings. The number of unbranched alkanes of at least 4 members (excludes halogenated alkanes) is 3. The van der Waals surface area contributed by atoms with Crippen molar-refractivity contribution in [3.05, 3.63) is 79.5 Å². The molecule has 0 aromatic heterocycles. The van der Waals surface area contributed by atoms with Crippen LogP contribution in [0.5, 0.6) is 0 Å². The van der Waals surface area contributed by atoms with Crippen molar-refractivity contribution in [1.29, 1.82) is 0 Å². The number of aromatic nitrogens is 4. The van der Waals surface area contributed by atoms with Crippen LogP contribution in [0.1, 0.15) is 61.3 Å². The number of hydrogen-bond donors (Lipinski definition) is 1. The molecule has 0 unspecified atom stereocenters. The Morgan fingerprint density at radius 1 is 0.909 bits per heavy atom. The molecule has 2 aromatic carbocycles. The normalized spacial score (nSPS) is 11.5. The molecule has 172 valence electrons. The van der Waals surface area contributed by atoms with Crippen LogP contribution in [0.15, 0.2) is 46.0 Å². The molecule has 6 nitrogen and oxygen atoms in total. The van der Waals surface area contributed by atoms with Gasteiger partial charge < -0.3 is 4.57 Å². The zero-order valence-corrected chi connectivity index (χ0v) is 19.8. The van der Waals surface area contributed by atoms with Gasteiger partial charge in [0, 0.05) is 6.54 Å². The maximum atomic E-state index is 12.5. The van der Waals surface area contributed by atoms with Crippen LogP contribution in [-0.4, -0.2) is 19.5 Å². The van der Waals surface area contributed by atoms with Crippen LogP contribution in [-0.2, 0) is 19.4 Å². The molecule has 2 heterocycles. The number of fused-ring (bicyclic) bond motifs is 2. The van der Waals surface area contributed by atoms with Crippen LogP contribution < -0.4 is 11.2 Å². The average molecular weight is 445 g/mol. The number of H-pyrrole nitrogens is 1. The fourth-order valence-electron chi connectivity index (χ4n) is 4.42. The molecular weight excluding hydrogens is 412 g/mol. The number of nitrogens with one attached hydrogen (secondary N) is 1. The quantitative estimate of drug-likeness (QED) is 0.292. The Morgan fingerprint density at radius 3 is 2.45 bits per heavy atom. The van der Waals surface area contributed by atoms with Gasteiger partial charge in [-0.15, -0.1) is 0 Å². The smallest absolute Gasteiger partial charge is 0.322 e. The first kappa shape index (κ1) is 22.9. The zero-order chi connectivity index (χ0) is 23.4. The Bertz CT molecular complexity index is 1340. The maximum Gasteiger partial charge on any atom is 0.349 e. The van der Waals surface area contributed by atoms with E-state index in [1.807, 2.05) is 4.57 Å². The van der Waals surface area contributed by atoms with Gasteiger partial charge in [0.05, 0.1) is 11.0 Å². The average Bonchev–Trinajstić information content (AvgIpc) is 2.79. The minimum atomic E-state index is -0.634. The van der Waals surface area contributed by atoms with E-state index in [0.29, 0.717) is 12.4 Å². The molecule has 0 spiro atoms. The number of hydrogen-bond acceptors (Lipinski definition) is 4. The van der Waals surface area contributed by atoms with E-state index in [4.69, 9.17) is 0 Å². The minimum Gasteiger partial charge on any atom is -0.322 e. The number of aromatic amines is 1. The van der Waals surface area contributed by atoms with Gasteiger partial charge in [-0.1, -0.05) is 56.0 Å². The monoisotopic (exact) mass is 444 g/mol. The molecule has 0 saturated carbocycles. The van der Waals surface area contributed by atoms with Crippen molar-refractivity contribution in [2.45, 2.75) is 72.3 Å². The molecule has 0 fully saturated rings. The molecule has 0 aliphatic carbocycles. The molecule has 0 saturated heterocycles. The standard InChI is InChI=1S/C27H32N4O2/c1-4-5-6-7-10-21-17-22-23(16-19(21)3)31(15-8-9-20-13-11-18(2)12-14-20)25-24(28-22)26(32)30-27(33)29-25/h11-14,16-17H,4-10,15H2,1-3H3,(H,30,32,33). The summed E-state index contributed by atoms with van der Waals surface area (Å²) in [5.74, 6) is 0.357. The third kappa shape index (κ3) is 5.21. The van der Waals surface area contributed by atoms with Crippen molar-refractivity contribution < 1.29 is 0 Å². The van der Waals surface area contributed by atoms with Gasteiger partial charge in [-0.25, -0.2) is 9.78 Å². The highest BCUT2D eigenvalue weighted by Gasteiger charge is 2.19. The van der Waals surface area contributed by atoms with E-state index in [1.165, 1.54) is 41.5 Å². The van der Waals surface area contributed by atoms with E-state index in [2.05, 4.69) is 72.1 Å². The molecule has 2 aliphatic heterocycles. The van der Waals surface area contributed by atoms with Gasteiger partial charge in [-0.3, -0.25) is 9.78 Å². The Labute approximate surface area is 194 Å². The molecule has 0 radical (unpaired) electrons. The highest BCUT2D eigenvalue weighted by atomic mass is 16.2. The Kier molecular flexibility index (Phi) is 7.02. The van der Waals surface area contributed by atoms with Crippen LogP contribution in [0, 0.1) is 13.8 Å². The second-order valence-electron chi connectivity index (χ2n) is 8.97. The van der Waals surface area contributed by atoms with Gasteiger partial charge >= 0.3 is 5.69 Å². The molecule has 33 heavy (non-hydrogen) atoms. The molecule has 1 N–H and O–H groups in total. The summed E-state index contributed by atoms with van der Waals surface area (Å²) < 4.78 is 2.00. The first-order valence-electron chi connectivity index (χ1n) is 12.0. The van der Waals surface area contributed by atoms with Crippen LogP contribution in [0.2, 0.25) is 0 Å². The van der Waals surface area contributed by atoms with Gasteiger partial charge in [-0.05, 0) is 68.4 Å². The predicted octanol–water partition coefficient (Wildman–Crippen LogP) is 4.96. The molecule has 0 bridgehead atoms. The fraction of sp³-hybridized carbons (Fsp3) is 0.407. The summed E-state index contributed by atoms with van der Waals surface area (Å²) in [6, 6.07) is 12.8. The first-order chi connectivity index (χ1) is 16.0. The molecule has 2 aliphatic rings. The molecule has 6 heteroatoms. The highest BCUT2D eigenvalue weighted by molar-refractivity contribution is 5.81. The largest absolute Gasteiger partial charge is 0.349 e. The van der Waals surface area contributed by atoms with Gasteiger partial charge in [0.2, 0.25) is 0 Å². The lowest BCUT2D eigenvalue weighted by Crippen LogP contribution is -2.29. The van der Waals surface area contributed by atoms with Crippen molar-refractivity contribution in [2.24, 2.45) is 0 Å². The summed E-state index contributed by atoms with van der Waals surface area (Å²) in [5, 5.41) is 0. The van der Waals surface area contributed by atoms with Crippen molar-refractivity contribution in [3.8, 4) is 11.5 Å². The van der Waals surface area contributed by atoms with Crippen LogP contribution >= 0.6 is 0 Å². The molecule has 0 atom stereocenters. The molecular formula is C27H32N4O2. The summed E-state index contributed by atoms with van der Waals surface area (Å²) in [6.45, 7) is 7.07. The summed E-state index contributed by atoms with van der Waals surface area (Å²) in [4.78, 5) is 35.6. The van der Waals surface area contributed by atoms with E-state index in [-0.39, 0.29) is 5.69 Å². The van der Waals surface area contributed by atoms with Gasteiger partial charge in [0.1, 0.15) is 0 Å². The van der Waals surface area contributed by atoms with Gasteiger partial charge in [0.25, 0.3) is 5.56 Å². The third-order valence-electron chi connectivity index (χ3n) is 6.33. The number of rotatable bonds is 9. The van der Waals surface area contributed by atoms with E-state index in [1.54, 1.807) is 0 Å². The minimum absolute atomic E-state index is 0.221. The SMILES string of the molecule is CCCCCCc1cc2nc3c(=O)[nH]c(=O)nc-3n(CCCc3ccc(C)cc3)c2cc1C. The van der Waals surface area contributed by atoms with Crippen LogP contribution in [0.3, 0.4) is 0 Å². The van der Waals surface area contributed by atoms with E-state index >= 15 is 0 Å². The van der Waals surface area contributed by atoms with Crippen LogP contribution in [0.4, 0.5) is 0 Å². The highest BCUT2D eigenvalue weighted by Crippen LogP contribution is 2.25. The van der Waals surface area contributed by atoms with Gasteiger partial charge in [0.15, 0.2) is 11.5 Å². The predicted molar refractivity (Wildman–Crippen MR) is 133 cm³/mol. The summed E-state index contributed by atoms with van der Waals surface area (Å²) in [6.07, 6.45) is 7.59. The summed E-state index contributed by atoms with van der Waals surface area (Å²) in [5.41, 5.74) is 5.78. The lowest BCUT2D eigenvalue weighted by atomic mass is 10.0. The fourth-order valence-corrected chi connectivity index (χ4v) is 4.42. The summed E-state index contributed by atoms with van der Waals surface area (Å²) >= 11 is 0. The topological polar surface area (TPSA) is 80.6 Å². The lowest BCUT2D eigenvalue weighted by Gasteiger charge is -2.18. The summed E-state index contributed by atoms with van der Waals surface area (Å²) in [7, 11) is 0. The molecule has 0 amide bonds. The molecule has 4 rings (SSSR count). The van der Waals surface area contributed by atoms with E-state index < -0.39 is 11.2 Å². The van der Waals surface area contributed by atoms with Gasteiger partial charge in [-0.2, -0.15) is 4.98 Å². The number of nitrogens with zero attached hydrogens (tertiary/aromatic N) is 3. The van der Waals surface area contributed by atoms with Crippen molar-refractivity contribution in [2.75, 3.05) is 0 Å². The van der Waals surface area contributed by atoms with E-state index in [9.17, 15) is 9.59 Å². The number of benzene rings is 2. The first-order valence-corrected chi connectivity index (χ1v) is 12.0.